The van der Waals surface area contributed by atoms with Gasteiger partial charge in [0.2, 0.25) is 0 Å². The Kier molecular flexibility index (Phi) is 5.32. The largest absolute Gasteiger partial charge is 0.385 e. The molecule has 1 fully saturated rings. The highest BCUT2D eigenvalue weighted by molar-refractivity contribution is 6.08. The Bertz CT molecular complexity index is 1270. The summed E-state index contributed by atoms with van der Waals surface area (Å²) in [6, 6.07) is 24.9. The third-order valence-electron chi connectivity index (χ3n) is 7.49. The van der Waals surface area contributed by atoms with Crippen molar-refractivity contribution in [3.05, 3.63) is 77.9 Å². The summed E-state index contributed by atoms with van der Waals surface area (Å²) in [5, 5.41) is 9.23. The minimum atomic E-state index is 1.04. The van der Waals surface area contributed by atoms with Crippen molar-refractivity contribution in [2.75, 3.05) is 31.5 Å². The molecule has 1 N–H and O–H groups in total. The molecule has 4 aromatic carbocycles. The summed E-state index contributed by atoms with van der Waals surface area (Å²) in [7, 11) is 0. The molecule has 2 heteroatoms. The molecule has 0 saturated carbocycles. The Hall–Kier alpha value is -2.84. The van der Waals surface area contributed by atoms with Crippen LogP contribution in [0, 0.1) is 0 Å². The number of anilines is 1. The summed E-state index contributed by atoms with van der Waals surface area (Å²) in [5.41, 5.74) is 7.08. The molecular weight excluding hydrogens is 388 g/mol. The number of unbranched alkanes of at least 4 members (excludes halogenated alkanes) is 1. The highest BCUT2D eigenvalue weighted by Crippen LogP contribution is 2.45. The predicted octanol–water partition coefficient (Wildman–Crippen LogP) is 7.24. The number of piperidine rings is 1. The number of hydrogen-bond acceptors (Lipinski definition) is 2. The smallest absolute Gasteiger partial charge is 0.0420 e. The molecular formula is C30H32N2. The highest BCUT2D eigenvalue weighted by atomic mass is 15.1. The number of fused-ring (bicyclic) bond motifs is 7. The van der Waals surface area contributed by atoms with Crippen molar-refractivity contribution < 1.29 is 0 Å². The summed E-state index contributed by atoms with van der Waals surface area (Å²) in [4.78, 5) is 2.64. The summed E-state index contributed by atoms with van der Waals surface area (Å²) < 4.78 is 0. The van der Waals surface area contributed by atoms with Crippen molar-refractivity contribution in [3.8, 4) is 11.1 Å². The molecule has 0 atom stereocenters. The monoisotopic (exact) mass is 420 g/mol. The number of nitrogens with zero attached hydrogens (tertiary/aromatic N) is 1. The Morgan fingerprint density at radius 2 is 1.59 bits per heavy atom. The summed E-state index contributed by atoms with van der Waals surface area (Å²) in [6.07, 6.45) is 7.74. The SMILES string of the molecule is c1ccc2c3c(ccc2c1)-c1c(ccc2c(NCCCCN4CCCCC4)cccc12)C3. The van der Waals surface area contributed by atoms with Gasteiger partial charge in [0.15, 0.2) is 0 Å². The lowest BCUT2D eigenvalue weighted by Crippen LogP contribution is -2.30. The molecule has 0 unspecified atom stereocenters. The van der Waals surface area contributed by atoms with Crippen LogP contribution in [0.2, 0.25) is 0 Å². The van der Waals surface area contributed by atoms with E-state index in [2.05, 4.69) is 76.9 Å². The number of nitrogens with one attached hydrogen (secondary N) is 1. The lowest BCUT2D eigenvalue weighted by molar-refractivity contribution is 0.225. The van der Waals surface area contributed by atoms with Gasteiger partial charge in [-0.3, -0.25) is 0 Å². The van der Waals surface area contributed by atoms with Gasteiger partial charge in [0.05, 0.1) is 0 Å². The van der Waals surface area contributed by atoms with E-state index in [1.807, 2.05) is 0 Å². The van der Waals surface area contributed by atoms with Crippen LogP contribution in [0.1, 0.15) is 43.2 Å². The van der Waals surface area contributed by atoms with Gasteiger partial charge in [-0.05, 0) is 96.2 Å². The summed E-state index contributed by atoms with van der Waals surface area (Å²) >= 11 is 0. The zero-order chi connectivity index (χ0) is 21.3. The molecule has 1 aliphatic heterocycles. The van der Waals surface area contributed by atoms with Crippen molar-refractivity contribution in [3.63, 3.8) is 0 Å². The lowest BCUT2D eigenvalue weighted by atomic mass is 9.95. The Balaban J connectivity index is 1.23. The van der Waals surface area contributed by atoms with Gasteiger partial charge in [0.25, 0.3) is 0 Å². The first-order valence-electron chi connectivity index (χ1n) is 12.4. The van der Waals surface area contributed by atoms with Gasteiger partial charge in [-0.2, -0.15) is 0 Å². The van der Waals surface area contributed by atoms with Crippen LogP contribution in [-0.2, 0) is 6.42 Å². The number of rotatable bonds is 6. The molecule has 2 aliphatic rings. The average molecular weight is 421 g/mol. The Morgan fingerprint density at radius 3 is 2.53 bits per heavy atom. The van der Waals surface area contributed by atoms with Gasteiger partial charge < -0.3 is 10.2 Å². The molecule has 1 saturated heterocycles. The van der Waals surface area contributed by atoms with Crippen LogP contribution in [0.3, 0.4) is 0 Å². The zero-order valence-electron chi connectivity index (χ0n) is 18.9. The second kappa shape index (κ2) is 8.60. The molecule has 6 rings (SSSR count). The zero-order valence-corrected chi connectivity index (χ0v) is 18.9. The van der Waals surface area contributed by atoms with E-state index in [-0.39, 0.29) is 0 Å². The van der Waals surface area contributed by atoms with Crippen LogP contribution in [0.4, 0.5) is 5.69 Å². The van der Waals surface area contributed by atoms with Gasteiger partial charge in [0, 0.05) is 17.6 Å². The van der Waals surface area contributed by atoms with E-state index in [0.717, 1.165) is 13.0 Å². The third kappa shape index (κ3) is 3.57. The van der Waals surface area contributed by atoms with Crippen LogP contribution in [-0.4, -0.2) is 31.1 Å². The van der Waals surface area contributed by atoms with E-state index in [1.165, 1.54) is 101 Å². The number of benzene rings is 4. The van der Waals surface area contributed by atoms with Crippen LogP contribution >= 0.6 is 0 Å². The maximum atomic E-state index is 3.75. The number of likely N-dealkylation sites (tertiary alicyclic amines) is 1. The second-order valence-electron chi connectivity index (χ2n) is 9.53. The van der Waals surface area contributed by atoms with Gasteiger partial charge in [-0.1, -0.05) is 67.1 Å². The third-order valence-corrected chi connectivity index (χ3v) is 7.49. The van der Waals surface area contributed by atoms with Crippen molar-refractivity contribution in [1.29, 1.82) is 0 Å². The van der Waals surface area contributed by atoms with Gasteiger partial charge in [-0.15, -0.1) is 0 Å². The fraction of sp³-hybridized carbons (Fsp3) is 0.333. The van der Waals surface area contributed by atoms with E-state index >= 15 is 0 Å². The van der Waals surface area contributed by atoms with Crippen molar-refractivity contribution in [2.45, 2.75) is 38.5 Å². The van der Waals surface area contributed by atoms with Crippen molar-refractivity contribution >= 4 is 27.2 Å². The molecule has 0 radical (unpaired) electrons. The Morgan fingerprint density at radius 1 is 0.719 bits per heavy atom. The normalized spacial score (nSPS) is 15.8. The van der Waals surface area contributed by atoms with Crippen molar-refractivity contribution in [1.82, 2.24) is 4.90 Å². The molecule has 0 bridgehead atoms. The van der Waals surface area contributed by atoms with Crippen LogP contribution in [0.5, 0.6) is 0 Å². The topological polar surface area (TPSA) is 15.3 Å². The minimum Gasteiger partial charge on any atom is -0.385 e. The van der Waals surface area contributed by atoms with Gasteiger partial charge in [0.1, 0.15) is 0 Å². The Labute approximate surface area is 191 Å². The maximum Gasteiger partial charge on any atom is 0.0420 e. The molecule has 32 heavy (non-hydrogen) atoms. The summed E-state index contributed by atoms with van der Waals surface area (Å²) in [5.74, 6) is 0. The molecule has 0 amide bonds. The van der Waals surface area contributed by atoms with Crippen LogP contribution in [0.15, 0.2) is 66.7 Å². The van der Waals surface area contributed by atoms with E-state index in [9.17, 15) is 0 Å². The highest BCUT2D eigenvalue weighted by Gasteiger charge is 2.23. The molecule has 2 nitrogen and oxygen atoms in total. The van der Waals surface area contributed by atoms with Crippen LogP contribution in [0.25, 0.3) is 32.7 Å². The van der Waals surface area contributed by atoms with Gasteiger partial charge in [-0.25, -0.2) is 0 Å². The predicted molar refractivity (Wildman–Crippen MR) is 138 cm³/mol. The van der Waals surface area contributed by atoms with Crippen molar-refractivity contribution in [2.24, 2.45) is 0 Å². The van der Waals surface area contributed by atoms with Gasteiger partial charge >= 0.3 is 0 Å². The average Bonchev–Trinajstić information content (AvgIpc) is 3.24. The minimum absolute atomic E-state index is 1.04. The van der Waals surface area contributed by atoms with E-state index in [4.69, 9.17) is 0 Å². The number of hydrogen-bond donors (Lipinski definition) is 1. The lowest BCUT2D eigenvalue weighted by Gasteiger charge is -2.26. The fourth-order valence-corrected chi connectivity index (χ4v) is 5.84. The molecule has 1 aliphatic carbocycles. The first-order chi connectivity index (χ1) is 15.9. The molecule has 1 heterocycles. The van der Waals surface area contributed by atoms with E-state index in [0.29, 0.717) is 0 Å². The fourth-order valence-electron chi connectivity index (χ4n) is 5.84. The quantitative estimate of drug-likeness (QED) is 0.291. The molecule has 0 spiro atoms. The summed E-state index contributed by atoms with van der Waals surface area (Å²) in [6.45, 7) is 4.91. The van der Waals surface area contributed by atoms with E-state index < -0.39 is 0 Å². The maximum absolute atomic E-state index is 3.75. The van der Waals surface area contributed by atoms with Crippen LogP contribution < -0.4 is 5.32 Å². The second-order valence-corrected chi connectivity index (χ2v) is 9.53. The molecule has 0 aromatic heterocycles. The molecule has 162 valence electrons. The first kappa shape index (κ1) is 19.8. The standard InChI is InChI=1S/C30H32N2/c1-5-18-32(19-6-1)20-7-4-17-31-29-12-8-11-26-25(29)15-14-23-21-28-24-10-3-2-9-22(24)13-16-27(28)30(23)26/h2-3,8-16,31H,1,4-7,17-21H2. The first-order valence-corrected chi connectivity index (χ1v) is 12.4. The molecule has 4 aromatic rings. The van der Waals surface area contributed by atoms with E-state index in [1.54, 1.807) is 0 Å².